The lowest BCUT2D eigenvalue weighted by Crippen LogP contribution is -2.54. The van der Waals surface area contributed by atoms with Crippen molar-refractivity contribution >= 4 is 0 Å². The summed E-state index contributed by atoms with van der Waals surface area (Å²) >= 11 is 0. The van der Waals surface area contributed by atoms with Crippen LogP contribution in [0.25, 0.3) is 0 Å². The van der Waals surface area contributed by atoms with Crippen molar-refractivity contribution in [3.8, 4) is 5.75 Å². The number of methoxy groups -OCH3 is 1. The molecule has 0 aromatic heterocycles. The number of ether oxygens (including phenoxy) is 3. The third kappa shape index (κ3) is 5.53. The van der Waals surface area contributed by atoms with Crippen molar-refractivity contribution < 1.29 is 14.2 Å². The topological polar surface area (TPSA) is 30.9 Å². The van der Waals surface area contributed by atoms with Crippen molar-refractivity contribution in [2.45, 2.75) is 117 Å². The maximum atomic E-state index is 6.97. The van der Waals surface area contributed by atoms with Crippen LogP contribution >= 0.6 is 0 Å². The Hall–Kier alpha value is -1.10. The summed E-state index contributed by atoms with van der Waals surface area (Å²) in [5.74, 6) is 6.66. The molecule has 0 bridgehead atoms. The van der Waals surface area contributed by atoms with Crippen LogP contribution in [0.4, 0.5) is 0 Å². The number of benzene rings is 1. The second-order valence-electron chi connectivity index (χ2n) is 16.0. The van der Waals surface area contributed by atoms with Gasteiger partial charge in [-0.3, -0.25) is 0 Å². The van der Waals surface area contributed by atoms with E-state index in [2.05, 4.69) is 58.8 Å². The van der Waals surface area contributed by atoms with Crippen molar-refractivity contribution in [3.63, 3.8) is 0 Å². The average Bonchev–Trinajstić information content (AvgIpc) is 3.43. The van der Waals surface area contributed by atoms with Crippen LogP contribution in [0.5, 0.6) is 5.75 Å². The predicted molar refractivity (Wildman–Crippen MR) is 167 cm³/mol. The zero-order chi connectivity index (χ0) is 28.9. The Balaban J connectivity index is 1.06. The second-order valence-corrected chi connectivity index (χ2v) is 16.0. The molecule has 4 saturated carbocycles. The molecule has 6 rings (SSSR count). The van der Waals surface area contributed by atoms with Crippen LogP contribution in [0, 0.1) is 52.3 Å². The molecule has 0 N–H and O–H groups in total. The average molecular weight is 566 g/mol. The summed E-state index contributed by atoms with van der Waals surface area (Å²) in [6, 6.07) is 8.38. The van der Waals surface area contributed by atoms with Gasteiger partial charge in [0.15, 0.2) is 0 Å². The van der Waals surface area contributed by atoms with Gasteiger partial charge in [0.1, 0.15) is 5.75 Å². The maximum absolute atomic E-state index is 6.97. The Labute approximate surface area is 251 Å². The monoisotopic (exact) mass is 565 g/mol. The number of hydrogen-bond acceptors (Lipinski definition) is 4. The first-order chi connectivity index (χ1) is 19.6. The van der Waals surface area contributed by atoms with E-state index in [1.165, 1.54) is 76.3 Å². The van der Waals surface area contributed by atoms with E-state index in [0.29, 0.717) is 35.1 Å². The first kappa shape index (κ1) is 29.9. The molecule has 12 atom stereocenters. The highest BCUT2D eigenvalue weighted by Gasteiger charge is 2.65. The summed E-state index contributed by atoms with van der Waals surface area (Å²) < 4.78 is 18.8. The van der Waals surface area contributed by atoms with Crippen LogP contribution in [-0.4, -0.2) is 51.0 Å². The molecule has 4 heteroatoms. The SMILES string of the molecule is COc1ccc(CO[C@H]2CC[C@@]3(C)[C@H](CC[C@@H]4[C@@H]3CC[C@]3(C)[C@H]5[C@H](C)[C@@H](CC[C@H](C)CN(C)C)O[C@H]5C[C@@H]43)C2)cc1. The lowest BCUT2D eigenvalue weighted by molar-refractivity contribution is -0.139. The molecule has 41 heavy (non-hydrogen) atoms. The largest absolute Gasteiger partial charge is 0.497 e. The van der Waals surface area contributed by atoms with Crippen LogP contribution in [0.3, 0.4) is 0 Å². The molecule has 0 unspecified atom stereocenters. The third-order valence-electron chi connectivity index (χ3n) is 13.5. The number of fused-ring (bicyclic) bond motifs is 7. The number of hydrogen-bond donors (Lipinski definition) is 0. The van der Waals surface area contributed by atoms with Gasteiger partial charge in [-0.15, -0.1) is 0 Å². The van der Waals surface area contributed by atoms with Crippen molar-refractivity contribution in [3.05, 3.63) is 29.8 Å². The standard InChI is InChI=1S/C37H59NO3/c1-24(22-38(5)6)8-15-33-25(2)35-34(41-33)21-32-30-14-11-27-20-29(40-23-26-9-12-28(39-7)13-10-26)16-18-36(27,3)31(30)17-19-37(32,35)4/h9-10,12-13,24-25,27,29-35H,8,11,14-23H2,1-7H3/t24-,25+,27+,29-,30+,31-,32-,33+,34-,35-,36-,37-/m0/s1. The molecule has 5 fully saturated rings. The first-order valence-electron chi connectivity index (χ1n) is 17.2. The summed E-state index contributed by atoms with van der Waals surface area (Å²) in [7, 11) is 6.12. The van der Waals surface area contributed by atoms with Crippen LogP contribution in [-0.2, 0) is 16.1 Å². The Morgan fingerprint density at radius 3 is 2.46 bits per heavy atom. The highest BCUT2D eigenvalue weighted by atomic mass is 16.5. The van der Waals surface area contributed by atoms with E-state index >= 15 is 0 Å². The highest BCUT2D eigenvalue weighted by molar-refractivity contribution is 5.26. The molecule has 5 aliphatic rings. The number of nitrogens with zero attached hydrogens (tertiary/aromatic N) is 1. The molecule has 4 aliphatic carbocycles. The van der Waals surface area contributed by atoms with Gasteiger partial charge < -0.3 is 19.1 Å². The van der Waals surface area contributed by atoms with E-state index < -0.39 is 0 Å². The predicted octanol–water partition coefficient (Wildman–Crippen LogP) is 8.23. The van der Waals surface area contributed by atoms with Crippen LogP contribution < -0.4 is 4.74 Å². The van der Waals surface area contributed by atoms with E-state index in [-0.39, 0.29) is 0 Å². The van der Waals surface area contributed by atoms with Crippen LogP contribution in [0.15, 0.2) is 24.3 Å². The minimum absolute atomic E-state index is 0.415. The Kier molecular flexibility index (Phi) is 8.60. The van der Waals surface area contributed by atoms with Gasteiger partial charge in [-0.2, -0.15) is 0 Å². The molecular formula is C37H59NO3. The Morgan fingerprint density at radius 2 is 1.73 bits per heavy atom. The quantitative estimate of drug-likeness (QED) is 0.302. The van der Waals surface area contributed by atoms with Crippen molar-refractivity contribution in [2.75, 3.05) is 27.7 Å². The van der Waals surface area contributed by atoms with E-state index in [9.17, 15) is 0 Å². The highest BCUT2D eigenvalue weighted by Crippen LogP contribution is 2.70. The summed E-state index contributed by atoms with van der Waals surface area (Å²) in [5.41, 5.74) is 2.24. The zero-order valence-electron chi connectivity index (χ0n) is 27.2. The van der Waals surface area contributed by atoms with Crippen LogP contribution in [0.2, 0.25) is 0 Å². The van der Waals surface area contributed by atoms with Crippen molar-refractivity contribution in [1.29, 1.82) is 0 Å². The van der Waals surface area contributed by atoms with Gasteiger partial charge in [0.25, 0.3) is 0 Å². The van der Waals surface area contributed by atoms with E-state index in [4.69, 9.17) is 14.2 Å². The molecule has 0 spiro atoms. The molecule has 0 radical (unpaired) electrons. The smallest absolute Gasteiger partial charge is 0.118 e. The molecule has 4 nitrogen and oxygen atoms in total. The maximum Gasteiger partial charge on any atom is 0.118 e. The van der Waals surface area contributed by atoms with Gasteiger partial charge in [-0.05, 0) is 148 Å². The molecular weight excluding hydrogens is 506 g/mol. The van der Waals surface area contributed by atoms with Gasteiger partial charge in [-0.1, -0.05) is 39.8 Å². The molecule has 1 saturated heterocycles. The van der Waals surface area contributed by atoms with E-state index in [0.717, 1.165) is 47.9 Å². The van der Waals surface area contributed by atoms with Crippen LogP contribution in [0.1, 0.15) is 97.5 Å². The van der Waals surface area contributed by atoms with Gasteiger partial charge in [0.05, 0.1) is 32.0 Å². The Morgan fingerprint density at radius 1 is 0.976 bits per heavy atom. The van der Waals surface area contributed by atoms with Gasteiger partial charge in [0, 0.05) is 6.54 Å². The summed E-state index contributed by atoms with van der Waals surface area (Å²) in [6.07, 6.45) is 14.8. The zero-order valence-corrected chi connectivity index (χ0v) is 27.2. The van der Waals surface area contributed by atoms with Gasteiger partial charge >= 0.3 is 0 Å². The lowest BCUT2D eigenvalue weighted by Gasteiger charge is -2.61. The van der Waals surface area contributed by atoms with Crippen molar-refractivity contribution in [1.82, 2.24) is 4.90 Å². The lowest BCUT2D eigenvalue weighted by atomic mass is 9.44. The molecule has 1 aromatic rings. The molecule has 1 aromatic carbocycles. The second kappa shape index (κ2) is 11.8. The molecule has 1 heterocycles. The third-order valence-corrected chi connectivity index (χ3v) is 13.5. The summed E-state index contributed by atoms with van der Waals surface area (Å²) in [6.45, 7) is 12.3. The van der Waals surface area contributed by atoms with E-state index in [1.54, 1.807) is 7.11 Å². The normalized spacial score (nSPS) is 44.1. The summed E-state index contributed by atoms with van der Waals surface area (Å²) in [5, 5.41) is 0. The van der Waals surface area contributed by atoms with Crippen molar-refractivity contribution in [2.24, 2.45) is 52.3 Å². The molecule has 230 valence electrons. The minimum atomic E-state index is 0.415. The summed E-state index contributed by atoms with van der Waals surface area (Å²) in [4.78, 5) is 2.33. The molecule has 0 amide bonds. The molecule has 1 aliphatic heterocycles. The van der Waals surface area contributed by atoms with Gasteiger partial charge in [-0.25, -0.2) is 0 Å². The van der Waals surface area contributed by atoms with E-state index in [1.807, 2.05) is 12.1 Å². The van der Waals surface area contributed by atoms with Gasteiger partial charge in [0.2, 0.25) is 0 Å². The fraction of sp³-hybridized carbons (Fsp3) is 0.838. The fourth-order valence-electron chi connectivity index (χ4n) is 11.5. The minimum Gasteiger partial charge on any atom is -0.497 e. The fourth-order valence-corrected chi connectivity index (χ4v) is 11.5. The number of rotatable bonds is 9. The first-order valence-corrected chi connectivity index (χ1v) is 17.2. The Bertz CT molecular complexity index is 1030.